The van der Waals surface area contributed by atoms with Crippen LogP contribution in [0.25, 0.3) is 0 Å². The molecule has 17 heavy (non-hydrogen) atoms. The normalized spacial score (nSPS) is 19.1. The summed E-state index contributed by atoms with van der Waals surface area (Å²) in [5.74, 6) is 0.215. The summed E-state index contributed by atoms with van der Waals surface area (Å²) < 4.78 is 14.5. The van der Waals surface area contributed by atoms with Crippen molar-refractivity contribution in [2.75, 3.05) is 13.2 Å². The van der Waals surface area contributed by atoms with E-state index >= 15 is 0 Å². The zero-order chi connectivity index (χ0) is 12.5. The fourth-order valence-electron chi connectivity index (χ4n) is 2.37. The Kier molecular flexibility index (Phi) is 3.85. The second-order valence-corrected chi connectivity index (χ2v) is 5.83. The number of hydrogen-bond acceptors (Lipinski definition) is 2. The molecule has 1 unspecified atom stereocenters. The summed E-state index contributed by atoms with van der Waals surface area (Å²) in [6.45, 7) is 0.438. The molecular formula is C13H17BrFNO. The first kappa shape index (κ1) is 13.0. The lowest BCUT2D eigenvalue weighted by Crippen LogP contribution is -2.38. The Hall–Kier alpha value is -0.450. The second kappa shape index (κ2) is 5.04. The van der Waals surface area contributed by atoms with Gasteiger partial charge in [-0.25, -0.2) is 4.39 Å². The molecule has 1 aliphatic rings. The van der Waals surface area contributed by atoms with E-state index in [0.717, 1.165) is 17.3 Å². The molecule has 0 aliphatic heterocycles. The van der Waals surface area contributed by atoms with Crippen LogP contribution in [0.4, 0.5) is 4.39 Å². The number of benzene rings is 1. The molecule has 0 saturated heterocycles. The van der Waals surface area contributed by atoms with E-state index in [0.29, 0.717) is 24.4 Å². The lowest BCUT2D eigenvalue weighted by atomic mass is 9.77. The van der Waals surface area contributed by atoms with Gasteiger partial charge in [0.25, 0.3) is 0 Å². The van der Waals surface area contributed by atoms with Crippen molar-refractivity contribution in [2.24, 2.45) is 17.1 Å². The summed E-state index contributed by atoms with van der Waals surface area (Å²) in [5, 5.41) is 9.58. The predicted octanol–water partition coefficient (Wildman–Crippen LogP) is 2.48. The molecule has 2 rings (SSSR count). The molecule has 2 nitrogen and oxygen atoms in total. The van der Waals surface area contributed by atoms with Gasteiger partial charge in [-0.3, -0.25) is 0 Å². The maximum atomic E-state index is 13.8. The van der Waals surface area contributed by atoms with Crippen LogP contribution in [0.5, 0.6) is 0 Å². The second-order valence-electron chi connectivity index (χ2n) is 4.91. The number of aliphatic hydroxyl groups excluding tert-OH is 1. The molecular weight excluding hydrogens is 285 g/mol. The number of aliphatic hydroxyl groups is 1. The topological polar surface area (TPSA) is 46.2 Å². The van der Waals surface area contributed by atoms with E-state index in [-0.39, 0.29) is 17.8 Å². The van der Waals surface area contributed by atoms with Gasteiger partial charge in [-0.1, -0.05) is 22.0 Å². The van der Waals surface area contributed by atoms with Gasteiger partial charge >= 0.3 is 0 Å². The monoisotopic (exact) mass is 301 g/mol. The van der Waals surface area contributed by atoms with Crippen LogP contribution in [0.3, 0.4) is 0 Å². The van der Waals surface area contributed by atoms with Crippen molar-refractivity contribution in [1.82, 2.24) is 0 Å². The van der Waals surface area contributed by atoms with Crippen LogP contribution in [0.2, 0.25) is 0 Å². The van der Waals surface area contributed by atoms with E-state index in [4.69, 9.17) is 5.73 Å². The predicted molar refractivity (Wildman–Crippen MR) is 69.1 cm³/mol. The van der Waals surface area contributed by atoms with Gasteiger partial charge < -0.3 is 10.8 Å². The summed E-state index contributed by atoms with van der Waals surface area (Å²) in [7, 11) is 0. The minimum Gasteiger partial charge on any atom is -0.396 e. The molecule has 1 aromatic rings. The van der Waals surface area contributed by atoms with Crippen LogP contribution in [-0.4, -0.2) is 18.3 Å². The molecule has 1 aromatic carbocycles. The molecule has 1 fully saturated rings. The van der Waals surface area contributed by atoms with E-state index in [1.165, 1.54) is 6.07 Å². The van der Waals surface area contributed by atoms with Gasteiger partial charge in [0.05, 0.1) is 6.61 Å². The molecule has 1 aliphatic carbocycles. The van der Waals surface area contributed by atoms with Gasteiger partial charge in [-0.2, -0.15) is 0 Å². The third-order valence-electron chi connectivity index (χ3n) is 3.72. The van der Waals surface area contributed by atoms with E-state index < -0.39 is 0 Å². The Balaban J connectivity index is 2.22. The Morgan fingerprint density at radius 3 is 2.65 bits per heavy atom. The highest BCUT2D eigenvalue weighted by molar-refractivity contribution is 9.10. The maximum absolute atomic E-state index is 13.8. The van der Waals surface area contributed by atoms with Crippen molar-refractivity contribution < 1.29 is 9.50 Å². The standard InChI is InChI=1S/C13H17BrFNO/c14-11-4-1-9(12(15)5-11)6-13(7-16,8-17)10-2-3-10/h1,4-5,10,17H,2-3,6-8,16H2. The van der Waals surface area contributed by atoms with Crippen molar-refractivity contribution in [1.29, 1.82) is 0 Å². The first-order valence-corrected chi connectivity index (χ1v) is 6.65. The van der Waals surface area contributed by atoms with Crippen LogP contribution in [0.1, 0.15) is 18.4 Å². The molecule has 1 saturated carbocycles. The van der Waals surface area contributed by atoms with Gasteiger partial charge in [0.2, 0.25) is 0 Å². The van der Waals surface area contributed by atoms with Crippen LogP contribution in [0.15, 0.2) is 22.7 Å². The molecule has 4 heteroatoms. The molecule has 1 atom stereocenters. The quantitative estimate of drug-likeness (QED) is 0.878. The molecule has 94 valence electrons. The van der Waals surface area contributed by atoms with Crippen LogP contribution >= 0.6 is 15.9 Å². The van der Waals surface area contributed by atoms with Gasteiger partial charge in [0.1, 0.15) is 5.82 Å². The van der Waals surface area contributed by atoms with Gasteiger partial charge in [-0.05, 0) is 42.9 Å². The SMILES string of the molecule is NCC(CO)(Cc1ccc(Br)cc1F)C1CC1. The Labute approximate surface area is 109 Å². The molecule has 3 N–H and O–H groups in total. The highest BCUT2D eigenvalue weighted by Gasteiger charge is 2.44. The largest absolute Gasteiger partial charge is 0.396 e. The molecule has 0 spiro atoms. The number of halogens is 2. The van der Waals surface area contributed by atoms with Crippen molar-refractivity contribution in [3.63, 3.8) is 0 Å². The average Bonchev–Trinajstić information content (AvgIpc) is 3.13. The third kappa shape index (κ3) is 2.69. The van der Waals surface area contributed by atoms with Crippen LogP contribution in [-0.2, 0) is 6.42 Å². The summed E-state index contributed by atoms with van der Waals surface area (Å²) in [5.41, 5.74) is 6.10. The Morgan fingerprint density at radius 2 is 2.18 bits per heavy atom. The highest BCUT2D eigenvalue weighted by atomic mass is 79.9. The highest BCUT2D eigenvalue weighted by Crippen LogP contribution is 2.47. The van der Waals surface area contributed by atoms with E-state index in [2.05, 4.69) is 15.9 Å². The summed E-state index contributed by atoms with van der Waals surface area (Å²) >= 11 is 3.24. The van der Waals surface area contributed by atoms with Crippen molar-refractivity contribution in [3.05, 3.63) is 34.1 Å². The average molecular weight is 302 g/mol. The van der Waals surface area contributed by atoms with Crippen LogP contribution in [0, 0.1) is 17.2 Å². The van der Waals surface area contributed by atoms with E-state index in [1.54, 1.807) is 6.07 Å². The minimum absolute atomic E-state index is 0.0314. The Morgan fingerprint density at radius 1 is 1.47 bits per heavy atom. The smallest absolute Gasteiger partial charge is 0.127 e. The van der Waals surface area contributed by atoms with Crippen LogP contribution < -0.4 is 5.73 Å². The van der Waals surface area contributed by atoms with Gasteiger partial charge in [0, 0.05) is 16.4 Å². The first-order valence-electron chi connectivity index (χ1n) is 5.86. The number of hydrogen-bond donors (Lipinski definition) is 2. The molecule has 0 radical (unpaired) electrons. The summed E-state index contributed by atoms with van der Waals surface area (Å²) in [6.07, 6.45) is 2.70. The zero-order valence-electron chi connectivity index (χ0n) is 9.63. The van der Waals surface area contributed by atoms with Gasteiger partial charge in [0.15, 0.2) is 0 Å². The summed E-state index contributed by atoms with van der Waals surface area (Å²) in [4.78, 5) is 0. The van der Waals surface area contributed by atoms with E-state index in [1.807, 2.05) is 6.07 Å². The number of nitrogens with two attached hydrogens (primary N) is 1. The van der Waals surface area contributed by atoms with Crippen molar-refractivity contribution >= 4 is 15.9 Å². The van der Waals surface area contributed by atoms with Crippen molar-refractivity contribution in [3.8, 4) is 0 Å². The Bertz CT molecular complexity index is 402. The fourth-order valence-corrected chi connectivity index (χ4v) is 2.71. The third-order valence-corrected chi connectivity index (χ3v) is 4.22. The lowest BCUT2D eigenvalue weighted by Gasteiger charge is -2.31. The molecule has 0 heterocycles. The molecule has 0 aromatic heterocycles. The fraction of sp³-hybridized carbons (Fsp3) is 0.538. The summed E-state index contributed by atoms with van der Waals surface area (Å²) in [6, 6.07) is 5.05. The molecule has 0 amide bonds. The zero-order valence-corrected chi connectivity index (χ0v) is 11.2. The minimum atomic E-state index is -0.339. The number of rotatable bonds is 5. The first-order chi connectivity index (χ1) is 8.11. The maximum Gasteiger partial charge on any atom is 0.127 e. The lowest BCUT2D eigenvalue weighted by molar-refractivity contribution is 0.108. The van der Waals surface area contributed by atoms with E-state index in [9.17, 15) is 9.50 Å². The molecule has 0 bridgehead atoms. The van der Waals surface area contributed by atoms with Gasteiger partial charge in [-0.15, -0.1) is 0 Å². The van der Waals surface area contributed by atoms with Crippen molar-refractivity contribution in [2.45, 2.75) is 19.3 Å².